The summed E-state index contributed by atoms with van der Waals surface area (Å²) in [5, 5.41) is 3.43. The predicted molar refractivity (Wildman–Crippen MR) is 125 cm³/mol. The third-order valence-corrected chi connectivity index (χ3v) is 5.82. The number of ether oxygens (including phenoxy) is 2. The number of rotatable bonds is 8. The van der Waals surface area contributed by atoms with E-state index in [1.54, 1.807) is 16.7 Å². The Morgan fingerprint density at radius 3 is 2.72 bits per heavy atom. The number of guanidine groups is 1. The number of hydrogen-bond acceptors (Lipinski definition) is 5. The van der Waals surface area contributed by atoms with Gasteiger partial charge in [0.15, 0.2) is 17.5 Å². The highest BCUT2D eigenvalue weighted by Crippen LogP contribution is 2.32. The molecule has 3 heterocycles. The summed E-state index contributed by atoms with van der Waals surface area (Å²) < 4.78 is 12.7. The molecule has 2 aromatic rings. The SMILES string of the molecule is CCNC(=NCCCCn1ccccc1=O)N1CCN(Cc2ccc3c(c2)OCO3)CC1. The number of fused-ring (bicyclic) bond motifs is 1. The Morgan fingerprint density at radius 2 is 1.91 bits per heavy atom. The van der Waals surface area contributed by atoms with E-state index < -0.39 is 0 Å². The van der Waals surface area contributed by atoms with Crippen LogP contribution in [0.3, 0.4) is 0 Å². The van der Waals surface area contributed by atoms with Crippen molar-refractivity contribution in [2.75, 3.05) is 46.1 Å². The van der Waals surface area contributed by atoms with E-state index >= 15 is 0 Å². The first-order chi connectivity index (χ1) is 15.7. The molecule has 0 radical (unpaired) electrons. The maximum Gasteiger partial charge on any atom is 0.250 e. The van der Waals surface area contributed by atoms with Gasteiger partial charge in [0.05, 0.1) is 0 Å². The summed E-state index contributed by atoms with van der Waals surface area (Å²) in [7, 11) is 0. The average molecular weight is 440 g/mol. The molecule has 4 rings (SSSR count). The molecule has 1 aromatic heterocycles. The minimum Gasteiger partial charge on any atom is -0.454 e. The van der Waals surface area contributed by atoms with Gasteiger partial charge in [-0.05, 0) is 43.5 Å². The van der Waals surface area contributed by atoms with Crippen molar-refractivity contribution in [2.24, 2.45) is 4.99 Å². The Kier molecular flexibility index (Phi) is 7.66. The van der Waals surface area contributed by atoms with E-state index in [1.807, 2.05) is 18.3 Å². The summed E-state index contributed by atoms with van der Waals surface area (Å²) in [4.78, 5) is 21.4. The van der Waals surface area contributed by atoms with Crippen molar-refractivity contribution in [3.63, 3.8) is 0 Å². The number of pyridine rings is 1. The smallest absolute Gasteiger partial charge is 0.250 e. The van der Waals surface area contributed by atoms with E-state index in [0.717, 1.165) is 82.7 Å². The van der Waals surface area contributed by atoms with Crippen molar-refractivity contribution in [3.05, 3.63) is 58.5 Å². The van der Waals surface area contributed by atoms with Crippen molar-refractivity contribution < 1.29 is 9.47 Å². The number of hydrogen-bond donors (Lipinski definition) is 1. The molecule has 2 aliphatic heterocycles. The largest absolute Gasteiger partial charge is 0.454 e. The van der Waals surface area contributed by atoms with Gasteiger partial charge in [0.1, 0.15) is 0 Å². The number of nitrogens with one attached hydrogen (secondary N) is 1. The van der Waals surface area contributed by atoms with Crippen molar-refractivity contribution in [1.29, 1.82) is 0 Å². The van der Waals surface area contributed by atoms with Crippen molar-refractivity contribution in [1.82, 2.24) is 19.7 Å². The van der Waals surface area contributed by atoms with Crippen LogP contribution in [0.1, 0.15) is 25.3 Å². The Morgan fingerprint density at radius 1 is 1.06 bits per heavy atom. The minimum atomic E-state index is 0.0583. The second-order valence-corrected chi connectivity index (χ2v) is 8.13. The molecule has 0 bridgehead atoms. The molecular weight excluding hydrogens is 406 g/mol. The Balaban J connectivity index is 1.22. The molecule has 32 heavy (non-hydrogen) atoms. The van der Waals surface area contributed by atoms with Crippen LogP contribution in [0.2, 0.25) is 0 Å². The summed E-state index contributed by atoms with van der Waals surface area (Å²) in [5.41, 5.74) is 1.31. The van der Waals surface area contributed by atoms with Gasteiger partial charge in [0.2, 0.25) is 12.4 Å². The van der Waals surface area contributed by atoms with Gasteiger partial charge in [-0.25, -0.2) is 0 Å². The average Bonchev–Trinajstić information content (AvgIpc) is 3.28. The molecule has 1 fully saturated rings. The minimum absolute atomic E-state index is 0.0583. The normalized spacial score (nSPS) is 16.4. The molecule has 1 saturated heterocycles. The van der Waals surface area contributed by atoms with Gasteiger partial charge in [0.25, 0.3) is 0 Å². The van der Waals surface area contributed by atoms with Crippen LogP contribution in [0.5, 0.6) is 11.5 Å². The number of piperazine rings is 1. The zero-order chi connectivity index (χ0) is 22.2. The molecule has 2 aliphatic rings. The van der Waals surface area contributed by atoms with Gasteiger partial charge in [-0.2, -0.15) is 0 Å². The molecule has 0 atom stereocenters. The summed E-state index contributed by atoms with van der Waals surface area (Å²) in [6, 6.07) is 11.5. The van der Waals surface area contributed by atoms with Crippen LogP contribution in [-0.2, 0) is 13.1 Å². The molecule has 0 spiro atoms. The molecule has 1 N–H and O–H groups in total. The first-order valence-corrected chi connectivity index (χ1v) is 11.5. The van der Waals surface area contributed by atoms with E-state index in [0.29, 0.717) is 6.79 Å². The number of aromatic nitrogens is 1. The van der Waals surface area contributed by atoms with Crippen LogP contribution < -0.4 is 20.3 Å². The highest BCUT2D eigenvalue weighted by atomic mass is 16.7. The molecule has 0 aliphatic carbocycles. The van der Waals surface area contributed by atoms with E-state index in [9.17, 15) is 4.79 Å². The highest BCUT2D eigenvalue weighted by Gasteiger charge is 2.20. The number of aryl methyl sites for hydroxylation is 1. The van der Waals surface area contributed by atoms with Crippen LogP contribution >= 0.6 is 0 Å². The second kappa shape index (κ2) is 11.0. The zero-order valence-corrected chi connectivity index (χ0v) is 18.8. The maximum absolute atomic E-state index is 11.8. The number of unbranched alkanes of at least 4 members (excludes halogenated alkanes) is 1. The molecule has 0 unspecified atom stereocenters. The molecule has 1 aromatic carbocycles. The molecule has 0 amide bonds. The first kappa shape index (κ1) is 22.2. The van der Waals surface area contributed by atoms with Crippen LogP contribution in [0.25, 0.3) is 0 Å². The quantitative estimate of drug-likeness (QED) is 0.386. The summed E-state index contributed by atoms with van der Waals surface area (Å²) in [6.07, 6.45) is 3.75. The monoisotopic (exact) mass is 439 g/mol. The standard InChI is InChI=1S/C24H33N5O3/c1-2-25-24(26-10-4-6-12-28-11-5-3-7-23(28)30)29-15-13-27(14-16-29)18-20-8-9-21-22(17-20)32-19-31-21/h3,5,7-9,11,17H,2,4,6,10,12-16,18-19H2,1H3,(H,25,26). The fourth-order valence-corrected chi connectivity index (χ4v) is 4.07. The molecule has 8 nitrogen and oxygen atoms in total. The third kappa shape index (κ3) is 5.82. The van der Waals surface area contributed by atoms with E-state index in [1.165, 1.54) is 5.56 Å². The number of nitrogens with zero attached hydrogens (tertiary/aromatic N) is 4. The van der Waals surface area contributed by atoms with Crippen molar-refractivity contribution in [2.45, 2.75) is 32.9 Å². The fourth-order valence-electron chi connectivity index (χ4n) is 4.07. The van der Waals surface area contributed by atoms with Gasteiger partial charge >= 0.3 is 0 Å². The topological polar surface area (TPSA) is 71.3 Å². The lowest BCUT2D eigenvalue weighted by atomic mass is 10.1. The molecular formula is C24H33N5O3. The van der Waals surface area contributed by atoms with E-state index in [2.05, 4.69) is 34.2 Å². The molecule has 0 saturated carbocycles. The Hall–Kier alpha value is -3.00. The zero-order valence-electron chi connectivity index (χ0n) is 18.8. The number of benzene rings is 1. The molecule has 8 heteroatoms. The molecule has 172 valence electrons. The van der Waals surface area contributed by atoms with Crippen molar-refractivity contribution in [3.8, 4) is 11.5 Å². The van der Waals surface area contributed by atoms with Crippen LogP contribution in [0.15, 0.2) is 52.4 Å². The van der Waals surface area contributed by atoms with E-state index in [-0.39, 0.29) is 5.56 Å². The Bertz CT molecular complexity index is 966. The first-order valence-electron chi connectivity index (χ1n) is 11.5. The lowest BCUT2D eigenvalue weighted by Crippen LogP contribution is -2.52. The fraction of sp³-hybridized carbons (Fsp3) is 0.500. The van der Waals surface area contributed by atoms with Crippen LogP contribution in [-0.4, -0.2) is 66.4 Å². The highest BCUT2D eigenvalue weighted by molar-refractivity contribution is 5.80. The summed E-state index contributed by atoms with van der Waals surface area (Å²) in [5.74, 6) is 2.67. The lowest BCUT2D eigenvalue weighted by molar-refractivity contribution is 0.171. The van der Waals surface area contributed by atoms with E-state index in [4.69, 9.17) is 14.5 Å². The van der Waals surface area contributed by atoms with Gasteiger partial charge in [-0.15, -0.1) is 0 Å². The summed E-state index contributed by atoms with van der Waals surface area (Å²) >= 11 is 0. The van der Waals surface area contributed by atoms with Crippen LogP contribution in [0.4, 0.5) is 0 Å². The maximum atomic E-state index is 11.8. The van der Waals surface area contributed by atoms with Gasteiger partial charge in [-0.3, -0.25) is 14.7 Å². The number of aliphatic imine (C=N–C) groups is 1. The Labute approximate surface area is 189 Å². The van der Waals surface area contributed by atoms with Crippen LogP contribution in [0, 0.1) is 0 Å². The van der Waals surface area contributed by atoms with Gasteiger partial charge in [-0.1, -0.05) is 12.1 Å². The second-order valence-electron chi connectivity index (χ2n) is 8.13. The summed E-state index contributed by atoms with van der Waals surface area (Å²) in [6.45, 7) is 9.59. The van der Waals surface area contributed by atoms with Gasteiger partial charge < -0.3 is 24.3 Å². The third-order valence-electron chi connectivity index (χ3n) is 5.82. The lowest BCUT2D eigenvalue weighted by Gasteiger charge is -2.36. The predicted octanol–water partition coefficient (Wildman–Crippen LogP) is 2.14. The van der Waals surface area contributed by atoms with Crippen molar-refractivity contribution >= 4 is 5.96 Å². The van der Waals surface area contributed by atoms with Gasteiger partial charge in [0, 0.05) is 64.6 Å².